The molecule has 0 aliphatic rings. The average molecular weight is 303 g/mol. The van der Waals surface area contributed by atoms with E-state index in [4.69, 9.17) is 0 Å². The Morgan fingerprint density at radius 3 is 2.15 bits per heavy atom. The second-order valence-corrected chi connectivity index (χ2v) is 5.02. The molecule has 0 fully saturated rings. The standard InChI is InChI=1S/C8H9NO3S.C3H8N2O2/c1-7(10)9-13(11,12)8-5-3-2-4-6-8;1-2-7-3(6)5-4/h2-6H,1H3,(H,9,10);2,4H2,1H3,(H,5,6). The number of sulfonamides is 1. The van der Waals surface area contributed by atoms with Gasteiger partial charge in [-0.15, -0.1) is 0 Å². The Kier molecular flexibility index (Phi) is 7.94. The van der Waals surface area contributed by atoms with Gasteiger partial charge in [0.15, 0.2) is 0 Å². The number of rotatable bonds is 3. The summed E-state index contributed by atoms with van der Waals surface area (Å²) in [6, 6.07) is 7.73. The number of hydrazine groups is 1. The number of nitrogens with one attached hydrogen (secondary N) is 2. The summed E-state index contributed by atoms with van der Waals surface area (Å²) in [6.07, 6.45) is -0.595. The molecule has 0 aliphatic heterocycles. The summed E-state index contributed by atoms with van der Waals surface area (Å²) in [7, 11) is -3.66. The monoisotopic (exact) mass is 303 g/mol. The van der Waals surface area contributed by atoms with E-state index in [1.165, 1.54) is 12.1 Å². The Morgan fingerprint density at radius 1 is 1.25 bits per heavy atom. The minimum Gasteiger partial charge on any atom is -0.449 e. The third-order valence-electron chi connectivity index (χ3n) is 1.72. The molecule has 1 rings (SSSR count). The summed E-state index contributed by atoms with van der Waals surface area (Å²) in [6.45, 7) is 3.21. The van der Waals surface area contributed by atoms with Crippen LogP contribution in [0.25, 0.3) is 0 Å². The highest BCUT2D eigenvalue weighted by Gasteiger charge is 2.13. The normalized spacial score (nSPS) is 9.75. The van der Waals surface area contributed by atoms with E-state index in [9.17, 15) is 18.0 Å². The molecule has 1 aromatic rings. The number of amides is 2. The highest BCUT2D eigenvalue weighted by atomic mass is 32.2. The van der Waals surface area contributed by atoms with Crippen LogP contribution in [0.5, 0.6) is 0 Å². The predicted octanol–water partition coefficient (Wildman–Crippen LogP) is 0.118. The van der Waals surface area contributed by atoms with Gasteiger partial charge in [-0.25, -0.2) is 23.8 Å². The Morgan fingerprint density at radius 2 is 1.80 bits per heavy atom. The molecule has 0 saturated carbocycles. The van der Waals surface area contributed by atoms with Gasteiger partial charge < -0.3 is 4.74 Å². The molecule has 0 saturated heterocycles. The molecule has 0 spiro atoms. The first kappa shape index (κ1) is 17.9. The van der Waals surface area contributed by atoms with Crippen LogP contribution < -0.4 is 16.0 Å². The fourth-order valence-corrected chi connectivity index (χ4v) is 2.03. The fraction of sp³-hybridized carbons (Fsp3) is 0.273. The number of hydrogen-bond acceptors (Lipinski definition) is 6. The van der Waals surface area contributed by atoms with Crippen molar-refractivity contribution in [1.29, 1.82) is 0 Å². The van der Waals surface area contributed by atoms with Crippen molar-refractivity contribution in [2.75, 3.05) is 6.61 Å². The first-order valence-corrected chi connectivity index (χ1v) is 7.03. The van der Waals surface area contributed by atoms with Crippen molar-refractivity contribution in [3.05, 3.63) is 30.3 Å². The Labute approximate surface area is 117 Å². The van der Waals surface area contributed by atoms with E-state index < -0.39 is 22.0 Å². The second kappa shape index (κ2) is 8.88. The summed E-state index contributed by atoms with van der Waals surface area (Å²) >= 11 is 0. The smallest absolute Gasteiger partial charge is 0.421 e. The topological polar surface area (TPSA) is 128 Å². The van der Waals surface area contributed by atoms with Crippen molar-refractivity contribution in [2.45, 2.75) is 18.7 Å². The van der Waals surface area contributed by atoms with Gasteiger partial charge in [-0.05, 0) is 19.1 Å². The lowest BCUT2D eigenvalue weighted by atomic mass is 10.4. The van der Waals surface area contributed by atoms with E-state index in [-0.39, 0.29) is 4.90 Å². The van der Waals surface area contributed by atoms with Gasteiger partial charge in [-0.2, -0.15) is 0 Å². The Bertz CT molecular complexity index is 530. The lowest BCUT2D eigenvalue weighted by molar-refractivity contribution is -0.117. The molecule has 0 aromatic heterocycles. The number of benzene rings is 1. The molecule has 1 aromatic carbocycles. The number of carbonyl (C=O) groups excluding carboxylic acids is 2. The summed E-state index contributed by atoms with van der Waals surface area (Å²) in [5.74, 6) is 4.04. The van der Waals surface area contributed by atoms with Gasteiger partial charge in [0.1, 0.15) is 0 Å². The van der Waals surface area contributed by atoms with Crippen LogP contribution in [0.3, 0.4) is 0 Å². The maximum Gasteiger partial charge on any atom is 0.421 e. The quantitative estimate of drug-likeness (QED) is 0.413. The van der Waals surface area contributed by atoms with Crippen LogP contribution in [0.2, 0.25) is 0 Å². The van der Waals surface area contributed by atoms with E-state index in [0.717, 1.165) is 6.92 Å². The van der Waals surface area contributed by atoms with Gasteiger partial charge in [-0.3, -0.25) is 10.2 Å². The van der Waals surface area contributed by atoms with Crippen LogP contribution in [0.4, 0.5) is 4.79 Å². The van der Waals surface area contributed by atoms with E-state index in [1.54, 1.807) is 30.5 Å². The molecule has 0 aliphatic carbocycles. The summed E-state index contributed by atoms with van der Waals surface area (Å²) in [5.41, 5.74) is 1.80. The zero-order valence-corrected chi connectivity index (χ0v) is 11.9. The van der Waals surface area contributed by atoms with Crippen molar-refractivity contribution in [2.24, 2.45) is 5.84 Å². The van der Waals surface area contributed by atoms with Gasteiger partial charge in [0.05, 0.1) is 11.5 Å². The molecule has 0 bridgehead atoms. The number of hydrogen-bond donors (Lipinski definition) is 3. The third kappa shape index (κ3) is 7.34. The number of ether oxygens (including phenoxy) is 1. The van der Waals surface area contributed by atoms with Gasteiger partial charge in [0.2, 0.25) is 5.91 Å². The number of nitrogens with two attached hydrogens (primary N) is 1. The molecule has 4 N–H and O–H groups in total. The zero-order chi connectivity index (χ0) is 15.6. The maximum atomic E-state index is 11.3. The second-order valence-electron chi connectivity index (χ2n) is 3.34. The average Bonchev–Trinajstić information content (AvgIpc) is 2.39. The Hall–Kier alpha value is -2.13. The van der Waals surface area contributed by atoms with E-state index in [1.807, 2.05) is 4.72 Å². The molecule has 0 heterocycles. The largest absolute Gasteiger partial charge is 0.449 e. The van der Waals surface area contributed by atoms with Crippen LogP contribution in [0.15, 0.2) is 35.2 Å². The molecular weight excluding hydrogens is 286 g/mol. The van der Waals surface area contributed by atoms with Crippen molar-refractivity contribution in [3.63, 3.8) is 0 Å². The van der Waals surface area contributed by atoms with Crippen molar-refractivity contribution < 1.29 is 22.7 Å². The van der Waals surface area contributed by atoms with E-state index >= 15 is 0 Å². The third-order valence-corrected chi connectivity index (χ3v) is 3.17. The molecule has 9 heteroatoms. The lowest BCUT2D eigenvalue weighted by Gasteiger charge is -2.02. The first-order valence-electron chi connectivity index (χ1n) is 5.55. The van der Waals surface area contributed by atoms with Gasteiger partial charge in [0, 0.05) is 6.92 Å². The molecule has 0 radical (unpaired) electrons. The summed E-state index contributed by atoms with van der Waals surface area (Å²) in [5, 5.41) is 0. The van der Waals surface area contributed by atoms with Gasteiger partial charge in [0.25, 0.3) is 10.0 Å². The maximum absolute atomic E-state index is 11.3. The van der Waals surface area contributed by atoms with Crippen LogP contribution in [-0.4, -0.2) is 27.0 Å². The van der Waals surface area contributed by atoms with Gasteiger partial charge >= 0.3 is 6.09 Å². The predicted molar refractivity (Wildman–Crippen MR) is 71.8 cm³/mol. The van der Waals surface area contributed by atoms with Gasteiger partial charge in [-0.1, -0.05) is 18.2 Å². The van der Waals surface area contributed by atoms with Crippen molar-refractivity contribution >= 4 is 22.0 Å². The van der Waals surface area contributed by atoms with E-state index in [0.29, 0.717) is 6.61 Å². The van der Waals surface area contributed by atoms with Crippen LogP contribution in [0.1, 0.15) is 13.8 Å². The van der Waals surface area contributed by atoms with Crippen molar-refractivity contribution in [1.82, 2.24) is 10.1 Å². The fourth-order valence-electron chi connectivity index (χ4n) is 1.02. The lowest BCUT2D eigenvalue weighted by Crippen LogP contribution is -2.30. The molecule has 0 unspecified atom stereocenters. The molecular formula is C11H17N3O5S. The van der Waals surface area contributed by atoms with Crippen LogP contribution in [-0.2, 0) is 19.6 Å². The Balaban J connectivity index is 0.000000441. The molecule has 2 amide bonds. The highest BCUT2D eigenvalue weighted by Crippen LogP contribution is 2.06. The zero-order valence-electron chi connectivity index (χ0n) is 11.1. The molecule has 20 heavy (non-hydrogen) atoms. The first-order chi connectivity index (χ1) is 9.33. The SMILES string of the molecule is CC(=O)NS(=O)(=O)c1ccccc1.CCOC(=O)NN. The number of carbonyl (C=O) groups is 2. The molecule has 0 atom stereocenters. The molecule has 8 nitrogen and oxygen atoms in total. The summed E-state index contributed by atoms with van der Waals surface area (Å²) < 4.78 is 28.8. The minimum atomic E-state index is -3.66. The van der Waals surface area contributed by atoms with Crippen LogP contribution in [0, 0.1) is 0 Å². The minimum absolute atomic E-state index is 0.0881. The van der Waals surface area contributed by atoms with E-state index in [2.05, 4.69) is 10.6 Å². The van der Waals surface area contributed by atoms with Crippen LogP contribution >= 0.6 is 0 Å². The van der Waals surface area contributed by atoms with Crippen molar-refractivity contribution in [3.8, 4) is 0 Å². The highest BCUT2D eigenvalue weighted by molar-refractivity contribution is 7.90. The summed E-state index contributed by atoms with van der Waals surface area (Å²) in [4.78, 5) is 20.6. The molecule has 112 valence electrons.